The fraction of sp³-hybridized carbons (Fsp3) is 0.600. The lowest BCUT2D eigenvalue weighted by atomic mass is 10.0. The first-order valence-corrected chi connectivity index (χ1v) is 6.92. The van der Waals surface area contributed by atoms with Gasteiger partial charge in [-0.15, -0.1) is 0 Å². The number of hydrogen-bond donors (Lipinski definition) is 1. The summed E-state index contributed by atoms with van der Waals surface area (Å²) < 4.78 is 5.87. The average Bonchev–Trinajstić information content (AvgIpc) is 2.43. The van der Waals surface area contributed by atoms with Gasteiger partial charge >= 0.3 is 0 Å². The van der Waals surface area contributed by atoms with Gasteiger partial charge in [-0.2, -0.15) is 0 Å². The molecule has 0 aliphatic heterocycles. The minimum absolute atomic E-state index is 0.0645. The van der Waals surface area contributed by atoms with Gasteiger partial charge in [0.25, 0.3) is 0 Å². The molecule has 2 N–H and O–H groups in total. The molecule has 3 nitrogen and oxygen atoms in total. The van der Waals surface area contributed by atoms with Crippen LogP contribution in [0, 0.1) is 0 Å². The first-order valence-electron chi connectivity index (χ1n) is 6.92. The van der Waals surface area contributed by atoms with Crippen molar-refractivity contribution in [3.63, 3.8) is 0 Å². The Labute approximate surface area is 111 Å². The summed E-state index contributed by atoms with van der Waals surface area (Å²) in [5.41, 5.74) is 7.20. The Morgan fingerprint density at radius 1 is 1.17 bits per heavy atom. The maximum Gasteiger partial charge on any atom is 0.124 e. The van der Waals surface area contributed by atoms with Gasteiger partial charge in [0.1, 0.15) is 12.4 Å². The molecule has 1 aromatic carbocycles. The molecule has 0 saturated carbocycles. The summed E-state index contributed by atoms with van der Waals surface area (Å²) in [6.45, 7) is 10.2. The third-order valence-electron chi connectivity index (χ3n) is 3.32. The number of ether oxygens (including phenoxy) is 1. The van der Waals surface area contributed by atoms with Crippen LogP contribution in [0.4, 0.5) is 0 Å². The zero-order chi connectivity index (χ0) is 13.4. The molecule has 0 aliphatic rings. The fourth-order valence-electron chi connectivity index (χ4n) is 1.96. The number of rotatable bonds is 8. The SMILES string of the molecule is CC[C@@H](N)c1ccccc1OCCN(CC)CC. The molecule has 0 spiro atoms. The maximum atomic E-state index is 6.09. The minimum atomic E-state index is 0.0645. The summed E-state index contributed by atoms with van der Waals surface area (Å²) in [5, 5.41) is 0. The van der Waals surface area contributed by atoms with Gasteiger partial charge in [-0.3, -0.25) is 0 Å². The standard InChI is InChI=1S/C15H26N2O/c1-4-14(16)13-9-7-8-10-15(13)18-12-11-17(5-2)6-3/h7-10,14H,4-6,11-12,16H2,1-3H3/t14-/m1/s1. The van der Waals surface area contributed by atoms with E-state index in [1.54, 1.807) is 0 Å². The van der Waals surface area contributed by atoms with E-state index in [4.69, 9.17) is 10.5 Å². The molecule has 18 heavy (non-hydrogen) atoms. The van der Waals surface area contributed by atoms with Crippen molar-refractivity contribution in [3.8, 4) is 5.75 Å². The van der Waals surface area contributed by atoms with Crippen LogP contribution in [0.15, 0.2) is 24.3 Å². The first kappa shape index (κ1) is 15.0. The first-order chi connectivity index (χ1) is 8.72. The number of nitrogens with zero attached hydrogens (tertiary/aromatic N) is 1. The largest absolute Gasteiger partial charge is 0.492 e. The average molecular weight is 250 g/mol. The van der Waals surface area contributed by atoms with E-state index in [9.17, 15) is 0 Å². The minimum Gasteiger partial charge on any atom is -0.492 e. The van der Waals surface area contributed by atoms with Gasteiger partial charge in [0, 0.05) is 18.2 Å². The van der Waals surface area contributed by atoms with Crippen molar-refractivity contribution in [1.82, 2.24) is 4.90 Å². The Hall–Kier alpha value is -1.06. The molecule has 1 aromatic rings. The quantitative estimate of drug-likeness (QED) is 0.771. The smallest absolute Gasteiger partial charge is 0.124 e. The normalized spacial score (nSPS) is 12.7. The summed E-state index contributed by atoms with van der Waals surface area (Å²) in [7, 11) is 0. The van der Waals surface area contributed by atoms with Crippen molar-refractivity contribution < 1.29 is 4.74 Å². The molecular weight excluding hydrogens is 224 g/mol. The van der Waals surface area contributed by atoms with Crippen LogP contribution in [-0.4, -0.2) is 31.1 Å². The van der Waals surface area contributed by atoms with Gasteiger partial charge in [0.15, 0.2) is 0 Å². The molecule has 0 unspecified atom stereocenters. The van der Waals surface area contributed by atoms with E-state index in [1.165, 1.54) is 0 Å². The van der Waals surface area contributed by atoms with Gasteiger partial charge in [-0.25, -0.2) is 0 Å². The predicted molar refractivity (Wildman–Crippen MR) is 76.9 cm³/mol. The third kappa shape index (κ3) is 4.31. The summed E-state index contributed by atoms with van der Waals surface area (Å²) in [6.07, 6.45) is 0.927. The topological polar surface area (TPSA) is 38.5 Å². The van der Waals surface area contributed by atoms with Crippen molar-refractivity contribution in [2.24, 2.45) is 5.73 Å². The molecule has 1 atom stereocenters. The third-order valence-corrected chi connectivity index (χ3v) is 3.32. The van der Waals surface area contributed by atoms with Crippen molar-refractivity contribution in [2.45, 2.75) is 33.2 Å². The molecule has 3 heteroatoms. The van der Waals surface area contributed by atoms with E-state index in [1.807, 2.05) is 18.2 Å². The maximum absolute atomic E-state index is 6.09. The second-order valence-corrected chi connectivity index (χ2v) is 4.43. The van der Waals surface area contributed by atoms with E-state index in [2.05, 4.69) is 31.7 Å². The zero-order valence-electron chi connectivity index (χ0n) is 11.9. The summed E-state index contributed by atoms with van der Waals surface area (Å²) in [6, 6.07) is 8.14. The van der Waals surface area contributed by atoms with Crippen molar-refractivity contribution in [3.05, 3.63) is 29.8 Å². The molecule has 1 rings (SSSR count). The van der Waals surface area contributed by atoms with Crippen LogP contribution >= 0.6 is 0 Å². The molecule has 0 bridgehead atoms. The molecule has 0 aliphatic carbocycles. The van der Waals surface area contributed by atoms with E-state index < -0.39 is 0 Å². The van der Waals surface area contributed by atoms with Crippen molar-refractivity contribution >= 4 is 0 Å². The van der Waals surface area contributed by atoms with Crippen LogP contribution < -0.4 is 10.5 Å². The Morgan fingerprint density at radius 3 is 2.44 bits per heavy atom. The zero-order valence-corrected chi connectivity index (χ0v) is 11.9. The van der Waals surface area contributed by atoms with Gasteiger partial charge < -0.3 is 15.4 Å². The summed E-state index contributed by atoms with van der Waals surface area (Å²) in [5.74, 6) is 0.930. The van der Waals surface area contributed by atoms with E-state index >= 15 is 0 Å². The number of benzene rings is 1. The lowest BCUT2D eigenvalue weighted by molar-refractivity contribution is 0.221. The summed E-state index contributed by atoms with van der Waals surface area (Å²) >= 11 is 0. The summed E-state index contributed by atoms with van der Waals surface area (Å²) in [4.78, 5) is 2.35. The molecule has 0 aromatic heterocycles. The lowest BCUT2D eigenvalue weighted by Gasteiger charge is -2.20. The van der Waals surface area contributed by atoms with Crippen LogP contribution in [0.5, 0.6) is 5.75 Å². The van der Waals surface area contributed by atoms with Gasteiger partial charge in [0.05, 0.1) is 0 Å². The Bertz CT molecular complexity index is 337. The molecule has 0 saturated heterocycles. The van der Waals surface area contributed by atoms with Crippen LogP contribution in [-0.2, 0) is 0 Å². The number of para-hydroxylation sites is 1. The number of likely N-dealkylation sites (N-methyl/N-ethyl adjacent to an activating group) is 1. The van der Waals surface area contributed by atoms with E-state index in [0.29, 0.717) is 0 Å². The highest BCUT2D eigenvalue weighted by Crippen LogP contribution is 2.25. The van der Waals surface area contributed by atoms with Crippen LogP contribution in [0.25, 0.3) is 0 Å². The predicted octanol–water partition coefficient (Wildman–Crippen LogP) is 2.82. The second-order valence-electron chi connectivity index (χ2n) is 4.43. The molecule has 0 fully saturated rings. The van der Waals surface area contributed by atoms with Crippen LogP contribution in [0.1, 0.15) is 38.8 Å². The Balaban J connectivity index is 2.56. The van der Waals surface area contributed by atoms with Crippen molar-refractivity contribution in [1.29, 1.82) is 0 Å². The van der Waals surface area contributed by atoms with E-state index in [-0.39, 0.29) is 6.04 Å². The van der Waals surface area contributed by atoms with Gasteiger partial charge in [0.2, 0.25) is 0 Å². The van der Waals surface area contributed by atoms with Crippen LogP contribution in [0.2, 0.25) is 0 Å². The molecule has 102 valence electrons. The van der Waals surface area contributed by atoms with E-state index in [0.717, 1.165) is 44.0 Å². The fourth-order valence-corrected chi connectivity index (χ4v) is 1.96. The van der Waals surface area contributed by atoms with Gasteiger partial charge in [-0.05, 0) is 25.6 Å². The number of hydrogen-bond acceptors (Lipinski definition) is 3. The monoisotopic (exact) mass is 250 g/mol. The van der Waals surface area contributed by atoms with Gasteiger partial charge in [-0.1, -0.05) is 39.0 Å². The molecular formula is C15H26N2O. The van der Waals surface area contributed by atoms with Crippen molar-refractivity contribution in [2.75, 3.05) is 26.2 Å². The lowest BCUT2D eigenvalue weighted by Crippen LogP contribution is -2.28. The molecule has 0 radical (unpaired) electrons. The molecule has 0 heterocycles. The highest BCUT2D eigenvalue weighted by atomic mass is 16.5. The highest BCUT2D eigenvalue weighted by Gasteiger charge is 2.09. The number of nitrogens with two attached hydrogens (primary N) is 1. The van der Waals surface area contributed by atoms with Crippen LogP contribution in [0.3, 0.4) is 0 Å². The Morgan fingerprint density at radius 2 is 1.83 bits per heavy atom. The second kappa shape index (κ2) is 8.11. The Kier molecular flexibility index (Phi) is 6.76. The highest BCUT2D eigenvalue weighted by molar-refractivity contribution is 5.35. The molecule has 0 amide bonds.